The van der Waals surface area contributed by atoms with Gasteiger partial charge in [-0.1, -0.05) is 12.1 Å². The Morgan fingerprint density at radius 1 is 1.25 bits per heavy atom. The lowest BCUT2D eigenvalue weighted by molar-refractivity contribution is 0.0954. The second-order valence-electron chi connectivity index (χ2n) is 4.68. The Kier molecular flexibility index (Phi) is 4.79. The molecule has 2 rings (SSSR count). The van der Waals surface area contributed by atoms with Crippen LogP contribution >= 0.6 is 11.3 Å². The first-order valence-electron chi connectivity index (χ1n) is 6.58. The third kappa shape index (κ3) is 3.61. The van der Waals surface area contributed by atoms with Gasteiger partial charge in [-0.15, -0.1) is 11.3 Å². The average Bonchev–Trinajstić information content (AvgIpc) is 2.78. The molecular weight excluding hydrogens is 270 g/mol. The Morgan fingerprint density at radius 2 is 1.95 bits per heavy atom. The van der Waals surface area contributed by atoms with Crippen LogP contribution in [-0.2, 0) is 6.42 Å². The van der Waals surface area contributed by atoms with Crippen molar-refractivity contribution in [3.63, 3.8) is 0 Å². The second kappa shape index (κ2) is 6.57. The van der Waals surface area contributed by atoms with Gasteiger partial charge in [0.2, 0.25) is 0 Å². The minimum atomic E-state index is 0.0142. The number of hydrogen-bond acceptors (Lipinski definition) is 3. The van der Waals surface area contributed by atoms with Gasteiger partial charge in [-0.25, -0.2) is 0 Å². The smallest absolute Gasteiger partial charge is 0.252 e. The number of ether oxygens (including phenoxy) is 1. The molecule has 1 amide bonds. The molecule has 0 saturated heterocycles. The Bertz CT molecular complexity index is 587. The fraction of sp³-hybridized carbons (Fsp3) is 0.312. The van der Waals surface area contributed by atoms with Crippen LogP contribution < -0.4 is 10.1 Å². The van der Waals surface area contributed by atoms with Gasteiger partial charge >= 0.3 is 0 Å². The van der Waals surface area contributed by atoms with Crippen LogP contribution in [-0.4, -0.2) is 19.6 Å². The van der Waals surface area contributed by atoms with Crippen molar-refractivity contribution >= 4 is 17.2 Å². The predicted molar refractivity (Wildman–Crippen MR) is 82.8 cm³/mol. The molecule has 3 nitrogen and oxygen atoms in total. The van der Waals surface area contributed by atoms with Gasteiger partial charge in [-0.05, 0) is 44.0 Å². The van der Waals surface area contributed by atoms with Gasteiger partial charge in [0.1, 0.15) is 5.75 Å². The average molecular weight is 289 g/mol. The van der Waals surface area contributed by atoms with E-state index in [2.05, 4.69) is 5.32 Å². The molecule has 0 aliphatic heterocycles. The number of nitrogens with one attached hydrogen (secondary N) is 1. The van der Waals surface area contributed by atoms with Crippen molar-refractivity contribution in [3.05, 3.63) is 51.2 Å². The van der Waals surface area contributed by atoms with Gasteiger partial charge < -0.3 is 10.1 Å². The van der Waals surface area contributed by atoms with Crippen molar-refractivity contribution in [2.24, 2.45) is 0 Å². The Balaban J connectivity index is 1.86. The van der Waals surface area contributed by atoms with Gasteiger partial charge in [0, 0.05) is 16.3 Å². The van der Waals surface area contributed by atoms with Crippen LogP contribution in [0.1, 0.15) is 25.7 Å². The van der Waals surface area contributed by atoms with Crippen LogP contribution in [0.25, 0.3) is 0 Å². The number of benzene rings is 1. The van der Waals surface area contributed by atoms with Crippen molar-refractivity contribution in [2.75, 3.05) is 13.7 Å². The van der Waals surface area contributed by atoms with E-state index in [9.17, 15) is 4.79 Å². The molecule has 1 aromatic carbocycles. The van der Waals surface area contributed by atoms with Crippen molar-refractivity contribution < 1.29 is 9.53 Å². The number of carbonyl (C=O) groups excluding carboxylic acids is 1. The molecule has 0 bridgehead atoms. The molecule has 4 heteroatoms. The normalized spacial score (nSPS) is 10.3. The van der Waals surface area contributed by atoms with Gasteiger partial charge in [0.05, 0.1) is 12.7 Å². The summed E-state index contributed by atoms with van der Waals surface area (Å²) in [6.45, 7) is 4.64. The molecular formula is C16H19NO2S. The first-order valence-corrected chi connectivity index (χ1v) is 7.40. The molecule has 0 atom stereocenters. The molecule has 0 radical (unpaired) electrons. The minimum Gasteiger partial charge on any atom is -0.497 e. The number of aryl methyl sites for hydroxylation is 2. The van der Waals surface area contributed by atoms with E-state index in [1.165, 1.54) is 10.4 Å². The molecule has 1 N–H and O–H groups in total. The van der Waals surface area contributed by atoms with Gasteiger partial charge in [-0.2, -0.15) is 0 Å². The third-order valence-corrected chi connectivity index (χ3v) is 4.11. The number of amides is 1. The zero-order valence-electron chi connectivity index (χ0n) is 12.0. The zero-order chi connectivity index (χ0) is 14.5. The summed E-state index contributed by atoms with van der Waals surface area (Å²) >= 11 is 1.66. The minimum absolute atomic E-state index is 0.0142. The number of carbonyl (C=O) groups is 1. The highest BCUT2D eigenvalue weighted by Gasteiger charge is 2.10. The van der Waals surface area contributed by atoms with Gasteiger partial charge in [0.25, 0.3) is 5.91 Å². The summed E-state index contributed by atoms with van der Waals surface area (Å²) in [5, 5.41) is 2.97. The molecule has 0 aliphatic carbocycles. The first-order chi connectivity index (χ1) is 9.60. The summed E-state index contributed by atoms with van der Waals surface area (Å²) in [5.74, 6) is 0.863. The molecule has 1 aromatic heterocycles. The fourth-order valence-electron chi connectivity index (χ4n) is 2.06. The fourth-order valence-corrected chi connectivity index (χ4v) is 2.99. The van der Waals surface area contributed by atoms with Crippen molar-refractivity contribution in [2.45, 2.75) is 20.3 Å². The Labute approximate surface area is 123 Å². The topological polar surface area (TPSA) is 38.3 Å². The predicted octanol–water partition coefficient (Wildman–Crippen LogP) is 3.35. The maximum absolute atomic E-state index is 12.0. The highest BCUT2D eigenvalue weighted by molar-refractivity contribution is 7.12. The van der Waals surface area contributed by atoms with E-state index in [1.54, 1.807) is 18.4 Å². The molecule has 1 heterocycles. The zero-order valence-corrected chi connectivity index (χ0v) is 12.8. The highest BCUT2D eigenvalue weighted by Crippen LogP contribution is 2.20. The maximum atomic E-state index is 12.0. The number of thiophene rings is 1. The quantitative estimate of drug-likeness (QED) is 0.916. The lowest BCUT2D eigenvalue weighted by Crippen LogP contribution is -2.25. The molecule has 20 heavy (non-hydrogen) atoms. The molecule has 0 fully saturated rings. The van der Waals surface area contributed by atoms with E-state index in [0.717, 1.165) is 22.6 Å². The molecule has 0 spiro atoms. The van der Waals surface area contributed by atoms with Crippen LogP contribution in [0, 0.1) is 13.8 Å². The summed E-state index contributed by atoms with van der Waals surface area (Å²) in [6, 6.07) is 9.85. The van der Waals surface area contributed by atoms with Gasteiger partial charge in [-0.3, -0.25) is 4.79 Å². The Morgan fingerprint density at radius 3 is 2.50 bits per heavy atom. The van der Waals surface area contributed by atoms with E-state index >= 15 is 0 Å². The molecule has 0 unspecified atom stereocenters. The summed E-state index contributed by atoms with van der Waals surface area (Å²) in [6.07, 6.45) is 0.817. The standard InChI is InChI=1S/C16H19NO2S/c1-11-10-15(12(2)20-11)16(18)17-9-8-13-4-6-14(19-3)7-5-13/h4-7,10H,8-9H2,1-3H3,(H,17,18). The summed E-state index contributed by atoms with van der Waals surface area (Å²) < 4.78 is 5.12. The van der Waals surface area contributed by atoms with Crippen molar-refractivity contribution in [1.29, 1.82) is 0 Å². The number of hydrogen-bond donors (Lipinski definition) is 1. The molecule has 106 valence electrons. The van der Waals surface area contributed by atoms with Crippen LogP contribution in [0.3, 0.4) is 0 Å². The molecule has 0 aliphatic rings. The van der Waals surface area contributed by atoms with E-state index in [4.69, 9.17) is 4.74 Å². The first kappa shape index (κ1) is 14.6. The van der Waals surface area contributed by atoms with Crippen LogP contribution in [0.5, 0.6) is 5.75 Å². The monoisotopic (exact) mass is 289 g/mol. The summed E-state index contributed by atoms with van der Waals surface area (Å²) in [5.41, 5.74) is 1.98. The summed E-state index contributed by atoms with van der Waals surface area (Å²) in [7, 11) is 1.65. The van der Waals surface area contributed by atoms with E-state index in [1.807, 2.05) is 44.2 Å². The van der Waals surface area contributed by atoms with Crippen molar-refractivity contribution in [1.82, 2.24) is 5.32 Å². The number of rotatable bonds is 5. The van der Waals surface area contributed by atoms with E-state index in [-0.39, 0.29) is 5.91 Å². The van der Waals surface area contributed by atoms with E-state index < -0.39 is 0 Å². The van der Waals surface area contributed by atoms with Crippen LogP contribution in [0.2, 0.25) is 0 Å². The van der Waals surface area contributed by atoms with Crippen LogP contribution in [0.4, 0.5) is 0 Å². The summed E-state index contributed by atoms with van der Waals surface area (Å²) in [4.78, 5) is 14.3. The number of methoxy groups -OCH3 is 1. The lowest BCUT2D eigenvalue weighted by Gasteiger charge is -2.06. The van der Waals surface area contributed by atoms with Gasteiger partial charge in [0.15, 0.2) is 0 Å². The largest absolute Gasteiger partial charge is 0.497 e. The van der Waals surface area contributed by atoms with Crippen molar-refractivity contribution in [3.8, 4) is 5.75 Å². The maximum Gasteiger partial charge on any atom is 0.252 e. The Hall–Kier alpha value is -1.81. The third-order valence-electron chi connectivity index (χ3n) is 3.14. The highest BCUT2D eigenvalue weighted by atomic mass is 32.1. The lowest BCUT2D eigenvalue weighted by atomic mass is 10.1. The molecule has 0 saturated carbocycles. The SMILES string of the molecule is COc1ccc(CCNC(=O)c2cc(C)sc2C)cc1. The molecule has 2 aromatic rings. The second-order valence-corrected chi connectivity index (χ2v) is 6.14. The van der Waals surface area contributed by atoms with E-state index in [0.29, 0.717) is 6.54 Å². The van der Waals surface area contributed by atoms with Crippen LogP contribution in [0.15, 0.2) is 30.3 Å².